The molecule has 0 saturated heterocycles. The summed E-state index contributed by atoms with van der Waals surface area (Å²) in [5.41, 5.74) is 0.821. The lowest BCUT2D eigenvalue weighted by atomic mass is 10.4. The van der Waals surface area contributed by atoms with Crippen molar-refractivity contribution >= 4 is 5.69 Å². The summed E-state index contributed by atoms with van der Waals surface area (Å²) in [5.74, 6) is 0.543. The quantitative estimate of drug-likeness (QED) is 0.532. The van der Waals surface area contributed by atoms with Crippen LogP contribution in [-0.2, 0) is 0 Å². The van der Waals surface area contributed by atoms with Gasteiger partial charge in [-0.3, -0.25) is 0 Å². The van der Waals surface area contributed by atoms with Gasteiger partial charge >= 0.3 is 0 Å². The smallest absolute Gasteiger partial charge is 0.260 e. The number of ether oxygens (including phenoxy) is 1. The van der Waals surface area contributed by atoms with E-state index in [1.807, 2.05) is 0 Å². The third-order valence-electron chi connectivity index (χ3n) is 1.26. The first-order valence-electron chi connectivity index (χ1n) is 3.02. The summed E-state index contributed by atoms with van der Waals surface area (Å²) in [6.07, 6.45) is 1.60. The van der Waals surface area contributed by atoms with Gasteiger partial charge in [-0.1, -0.05) is 5.10 Å². The Morgan fingerprint density at radius 2 is 2.60 bits per heavy atom. The van der Waals surface area contributed by atoms with Crippen LogP contribution in [-0.4, -0.2) is 28.6 Å². The van der Waals surface area contributed by atoms with Crippen molar-refractivity contribution in [1.29, 1.82) is 0 Å². The Morgan fingerprint density at radius 3 is 3.50 bits per heavy atom. The highest BCUT2D eigenvalue weighted by atomic mass is 16.5. The van der Waals surface area contributed by atoms with Crippen LogP contribution in [0.1, 0.15) is 0 Å². The predicted molar refractivity (Wildman–Crippen MR) is 33.8 cm³/mol. The van der Waals surface area contributed by atoms with Gasteiger partial charge in [-0.2, -0.15) is 0 Å². The van der Waals surface area contributed by atoms with Crippen LogP contribution < -0.4 is 10.1 Å². The second kappa shape index (κ2) is 2.09. The van der Waals surface area contributed by atoms with Gasteiger partial charge in [-0.25, -0.2) is 0 Å². The zero-order valence-corrected chi connectivity index (χ0v) is 5.24. The number of hydrogen-bond donors (Lipinski definition) is 1. The molecule has 1 aliphatic rings. The fourth-order valence-corrected chi connectivity index (χ4v) is 0.820. The minimum absolute atomic E-state index is 0.543. The van der Waals surface area contributed by atoms with Crippen LogP contribution in [0.2, 0.25) is 0 Å². The monoisotopic (exact) mass is 138 g/mol. The Morgan fingerprint density at radius 1 is 1.60 bits per heavy atom. The Kier molecular flexibility index (Phi) is 1.13. The van der Waals surface area contributed by atoms with Crippen molar-refractivity contribution in [3.8, 4) is 5.88 Å². The van der Waals surface area contributed by atoms with Gasteiger partial charge in [0.05, 0.1) is 6.20 Å². The van der Waals surface area contributed by atoms with E-state index in [0.29, 0.717) is 12.5 Å². The molecular weight excluding hydrogens is 132 g/mol. The molecule has 0 saturated carbocycles. The van der Waals surface area contributed by atoms with Crippen LogP contribution in [0.3, 0.4) is 0 Å². The average molecular weight is 138 g/mol. The van der Waals surface area contributed by atoms with Crippen molar-refractivity contribution in [3.05, 3.63) is 6.20 Å². The molecule has 0 fully saturated rings. The second-order valence-corrected chi connectivity index (χ2v) is 1.93. The zero-order valence-electron chi connectivity index (χ0n) is 5.24. The van der Waals surface area contributed by atoms with Crippen LogP contribution in [0.25, 0.3) is 0 Å². The van der Waals surface area contributed by atoms with E-state index in [2.05, 4.69) is 20.7 Å². The van der Waals surface area contributed by atoms with Gasteiger partial charge in [0.25, 0.3) is 5.88 Å². The molecule has 0 spiro atoms. The predicted octanol–water partition coefficient (Wildman–Crippen LogP) is -0.324. The molecule has 0 aliphatic carbocycles. The van der Waals surface area contributed by atoms with Gasteiger partial charge < -0.3 is 10.1 Å². The molecule has 5 nitrogen and oxygen atoms in total. The van der Waals surface area contributed by atoms with Crippen LogP contribution in [0, 0.1) is 0 Å². The summed E-state index contributed by atoms with van der Waals surface area (Å²) >= 11 is 0. The molecule has 1 aromatic heterocycles. The zero-order chi connectivity index (χ0) is 6.81. The fourth-order valence-electron chi connectivity index (χ4n) is 0.820. The molecular formula is C5H6N4O. The van der Waals surface area contributed by atoms with E-state index in [9.17, 15) is 0 Å². The van der Waals surface area contributed by atoms with Crippen molar-refractivity contribution in [2.24, 2.45) is 0 Å². The number of aromatic nitrogens is 3. The molecule has 10 heavy (non-hydrogen) atoms. The average Bonchev–Trinajstić information content (AvgIpc) is 2.05. The van der Waals surface area contributed by atoms with Crippen molar-refractivity contribution in [1.82, 2.24) is 15.4 Å². The Labute approximate surface area is 57.4 Å². The largest absolute Gasteiger partial charge is 0.473 e. The molecule has 2 rings (SSSR count). The van der Waals surface area contributed by atoms with Crippen molar-refractivity contribution in [2.45, 2.75) is 0 Å². The standard InChI is InChI=1S/C5H6N4O/c1-2-10-5-4(6-1)3-7-9-8-5/h3,6H,1-2H2. The molecule has 0 atom stereocenters. The van der Waals surface area contributed by atoms with E-state index < -0.39 is 0 Å². The number of fused-ring (bicyclic) bond motifs is 1. The lowest BCUT2D eigenvalue weighted by Crippen LogP contribution is -2.19. The molecule has 1 aliphatic heterocycles. The maximum atomic E-state index is 5.15. The number of hydrogen-bond acceptors (Lipinski definition) is 5. The SMILES string of the molecule is c1nnnc2c1NCCO2. The molecule has 1 aromatic rings. The highest BCUT2D eigenvalue weighted by Gasteiger charge is 2.09. The minimum atomic E-state index is 0.543. The summed E-state index contributed by atoms with van der Waals surface area (Å²) in [7, 11) is 0. The van der Waals surface area contributed by atoms with Crippen LogP contribution in [0.15, 0.2) is 6.20 Å². The first kappa shape index (κ1) is 5.40. The van der Waals surface area contributed by atoms with E-state index in [1.54, 1.807) is 6.20 Å². The van der Waals surface area contributed by atoms with Crippen LogP contribution in [0.5, 0.6) is 5.88 Å². The molecule has 5 heteroatoms. The van der Waals surface area contributed by atoms with Crippen molar-refractivity contribution < 1.29 is 4.74 Å². The van der Waals surface area contributed by atoms with Gasteiger partial charge in [-0.05, 0) is 5.21 Å². The highest BCUT2D eigenvalue weighted by molar-refractivity contribution is 5.50. The van der Waals surface area contributed by atoms with Gasteiger partial charge in [0, 0.05) is 6.54 Å². The number of nitrogens with zero attached hydrogens (tertiary/aromatic N) is 3. The normalized spacial score (nSPS) is 14.8. The lowest BCUT2D eigenvalue weighted by Gasteiger charge is -2.15. The van der Waals surface area contributed by atoms with E-state index in [0.717, 1.165) is 12.2 Å². The number of anilines is 1. The summed E-state index contributed by atoms with van der Waals surface area (Å²) in [6, 6.07) is 0. The lowest BCUT2D eigenvalue weighted by molar-refractivity contribution is 0.304. The maximum Gasteiger partial charge on any atom is 0.260 e. The van der Waals surface area contributed by atoms with E-state index >= 15 is 0 Å². The first-order valence-corrected chi connectivity index (χ1v) is 3.02. The van der Waals surface area contributed by atoms with E-state index in [1.165, 1.54) is 0 Å². The molecule has 52 valence electrons. The molecule has 2 heterocycles. The van der Waals surface area contributed by atoms with Gasteiger partial charge in [0.1, 0.15) is 12.3 Å². The maximum absolute atomic E-state index is 5.15. The molecule has 0 unspecified atom stereocenters. The summed E-state index contributed by atoms with van der Waals surface area (Å²) < 4.78 is 5.15. The van der Waals surface area contributed by atoms with Gasteiger partial charge in [-0.15, -0.1) is 5.10 Å². The van der Waals surface area contributed by atoms with Crippen LogP contribution >= 0.6 is 0 Å². The Hall–Kier alpha value is -1.39. The molecule has 1 N–H and O–H groups in total. The topological polar surface area (TPSA) is 59.9 Å². The Bertz CT molecular complexity index is 214. The highest BCUT2D eigenvalue weighted by Crippen LogP contribution is 2.20. The second-order valence-electron chi connectivity index (χ2n) is 1.93. The summed E-state index contributed by atoms with van der Waals surface area (Å²) in [5, 5.41) is 13.8. The fraction of sp³-hybridized carbons (Fsp3) is 0.400. The number of nitrogens with one attached hydrogen (secondary N) is 1. The van der Waals surface area contributed by atoms with Gasteiger partial charge in [0.15, 0.2) is 0 Å². The first-order chi connectivity index (χ1) is 4.97. The van der Waals surface area contributed by atoms with Gasteiger partial charge in [0.2, 0.25) is 0 Å². The summed E-state index contributed by atoms with van der Waals surface area (Å²) in [6.45, 7) is 1.45. The Balaban J connectivity index is 2.41. The van der Waals surface area contributed by atoms with E-state index in [-0.39, 0.29) is 0 Å². The molecule has 0 amide bonds. The molecule has 0 radical (unpaired) electrons. The van der Waals surface area contributed by atoms with Crippen molar-refractivity contribution in [3.63, 3.8) is 0 Å². The van der Waals surface area contributed by atoms with E-state index in [4.69, 9.17) is 4.74 Å². The number of rotatable bonds is 0. The summed E-state index contributed by atoms with van der Waals surface area (Å²) in [4.78, 5) is 0. The van der Waals surface area contributed by atoms with Crippen molar-refractivity contribution in [2.75, 3.05) is 18.5 Å². The third kappa shape index (κ3) is 0.754. The molecule has 0 bridgehead atoms. The molecule has 0 aromatic carbocycles. The third-order valence-corrected chi connectivity index (χ3v) is 1.26. The minimum Gasteiger partial charge on any atom is -0.473 e. The van der Waals surface area contributed by atoms with Crippen LogP contribution in [0.4, 0.5) is 5.69 Å².